The summed E-state index contributed by atoms with van der Waals surface area (Å²) in [6.07, 6.45) is 4.70. The number of benzene rings is 1. The summed E-state index contributed by atoms with van der Waals surface area (Å²) in [6.45, 7) is 1.94. The van der Waals surface area contributed by atoms with E-state index in [4.69, 9.17) is 9.97 Å². The molecule has 140 valence electrons. The topological polar surface area (TPSA) is 46.1 Å². The number of hydrogen-bond acceptors (Lipinski definition) is 5. The van der Waals surface area contributed by atoms with Gasteiger partial charge < -0.3 is 4.90 Å². The third-order valence-electron chi connectivity index (χ3n) is 4.89. The molecule has 1 aliphatic rings. The summed E-state index contributed by atoms with van der Waals surface area (Å²) in [5.41, 5.74) is 2.42. The Morgan fingerprint density at radius 2 is 1.89 bits per heavy atom. The van der Waals surface area contributed by atoms with Crippen molar-refractivity contribution in [3.63, 3.8) is 0 Å². The number of hydrogen-bond donors (Lipinski definition) is 0. The standard InChI is InChI=1S/C21H23N3OS2/c1-13-22-19-17(15-11-7-8-12-16(15)26-19)20(23-13)27-18(21(25)24(2)3)14-9-5-4-6-10-14/h4-6,9-10,18H,7-8,11-12H2,1-3H3/t18-/m1/s1. The van der Waals surface area contributed by atoms with Gasteiger partial charge in [0, 0.05) is 24.4 Å². The molecule has 1 atom stereocenters. The van der Waals surface area contributed by atoms with Crippen molar-refractivity contribution < 1.29 is 4.79 Å². The van der Waals surface area contributed by atoms with Crippen LogP contribution in [0.1, 0.15) is 39.9 Å². The second-order valence-corrected chi connectivity index (χ2v) is 9.29. The van der Waals surface area contributed by atoms with Gasteiger partial charge in [-0.3, -0.25) is 4.79 Å². The Morgan fingerprint density at radius 3 is 2.63 bits per heavy atom. The van der Waals surface area contributed by atoms with E-state index in [9.17, 15) is 4.79 Å². The molecule has 0 bridgehead atoms. The van der Waals surface area contributed by atoms with Crippen LogP contribution in [-0.2, 0) is 17.6 Å². The van der Waals surface area contributed by atoms with Crippen LogP contribution in [0.2, 0.25) is 0 Å². The molecule has 27 heavy (non-hydrogen) atoms. The predicted octanol–water partition coefficient (Wildman–Crippen LogP) is 4.80. The molecule has 6 heteroatoms. The highest BCUT2D eigenvalue weighted by Crippen LogP contribution is 2.44. The number of aromatic nitrogens is 2. The van der Waals surface area contributed by atoms with Crippen LogP contribution in [0, 0.1) is 6.92 Å². The van der Waals surface area contributed by atoms with E-state index in [0.717, 1.165) is 34.1 Å². The van der Waals surface area contributed by atoms with Crippen molar-refractivity contribution >= 4 is 39.2 Å². The summed E-state index contributed by atoms with van der Waals surface area (Å²) in [5, 5.41) is 1.82. The third-order valence-corrected chi connectivity index (χ3v) is 7.30. The zero-order valence-electron chi connectivity index (χ0n) is 15.9. The second kappa shape index (κ2) is 7.60. The van der Waals surface area contributed by atoms with Gasteiger partial charge in [0.2, 0.25) is 5.91 Å². The zero-order chi connectivity index (χ0) is 19.0. The van der Waals surface area contributed by atoms with Crippen LogP contribution in [0.4, 0.5) is 0 Å². The van der Waals surface area contributed by atoms with Crippen molar-refractivity contribution in [1.29, 1.82) is 0 Å². The zero-order valence-corrected chi connectivity index (χ0v) is 17.5. The number of nitrogens with zero attached hydrogens (tertiary/aromatic N) is 3. The lowest BCUT2D eigenvalue weighted by Crippen LogP contribution is -2.26. The molecule has 0 unspecified atom stereocenters. The molecule has 0 aliphatic heterocycles. The fraction of sp³-hybridized carbons (Fsp3) is 0.381. The Balaban J connectivity index is 1.82. The van der Waals surface area contributed by atoms with Crippen molar-refractivity contribution in [1.82, 2.24) is 14.9 Å². The Morgan fingerprint density at radius 1 is 1.15 bits per heavy atom. The predicted molar refractivity (Wildman–Crippen MR) is 113 cm³/mol. The molecule has 4 rings (SSSR count). The Bertz CT molecular complexity index is 982. The molecule has 1 aromatic carbocycles. The van der Waals surface area contributed by atoms with Crippen molar-refractivity contribution in [2.75, 3.05) is 14.1 Å². The number of likely N-dealkylation sites (N-methyl/N-ethyl adjacent to an activating group) is 1. The molecule has 0 spiro atoms. The molecule has 0 radical (unpaired) electrons. The van der Waals surface area contributed by atoms with Crippen molar-refractivity contribution in [2.24, 2.45) is 0 Å². The maximum absolute atomic E-state index is 13.0. The first-order chi connectivity index (χ1) is 13.0. The average molecular weight is 398 g/mol. The molecular formula is C21H23N3OS2. The Kier molecular flexibility index (Phi) is 5.19. The normalized spacial score (nSPS) is 14.8. The quantitative estimate of drug-likeness (QED) is 0.469. The first-order valence-electron chi connectivity index (χ1n) is 9.26. The van der Waals surface area contributed by atoms with Gasteiger partial charge in [0.05, 0.1) is 0 Å². The third kappa shape index (κ3) is 3.60. The van der Waals surface area contributed by atoms with E-state index in [1.165, 1.54) is 28.7 Å². The van der Waals surface area contributed by atoms with Crippen molar-refractivity contribution in [3.05, 3.63) is 52.2 Å². The lowest BCUT2D eigenvalue weighted by atomic mass is 9.97. The number of rotatable bonds is 4. The fourth-order valence-corrected chi connectivity index (χ4v) is 6.27. The minimum atomic E-state index is -0.308. The van der Waals surface area contributed by atoms with Gasteiger partial charge in [0.1, 0.15) is 20.9 Å². The molecule has 0 saturated carbocycles. The molecule has 2 heterocycles. The largest absolute Gasteiger partial charge is 0.348 e. The van der Waals surface area contributed by atoms with E-state index in [2.05, 4.69) is 0 Å². The Hall–Kier alpha value is -1.92. The van der Waals surface area contributed by atoms with Crippen LogP contribution >= 0.6 is 23.1 Å². The molecule has 0 N–H and O–H groups in total. The molecule has 4 nitrogen and oxygen atoms in total. The molecule has 0 fully saturated rings. The monoisotopic (exact) mass is 397 g/mol. The fourth-order valence-electron chi connectivity index (χ4n) is 3.55. The van der Waals surface area contributed by atoms with Crippen molar-refractivity contribution in [2.45, 2.75) is 42.9 Å². The molecule has 3 aromatic rings. The Labute approximate surface area is 168 Å². The maximum atomic E-state index is 13.0. The van der Waals surface area contributed by atoms with Crippen LogP contribution in [-0.4, -0.2) is 34.9 Å². The second-order valence-electron chi connectivity index (χ2n) is 7.11. The van der Waals surface area contributed by atoms with Crippen LogP contribution in [0.5, 0.6) is 0 Å². The van der Waals surface area contributed by atoms with E-state index in [-0.39, 0.29) is 11.2 Å². The van der Waals surface area contributed by atoms with Crippen LogP contribution in [0.3, 0.4) is 0 Å². The molecule has 2 aromatic heterocycles. The lowest BCUT2D eigenvalue weighted by molar-refractivity contribution is -0.128. The van der Waals surface area contributed by atoms with E-state index in [1.807, 2.05) is 51.4 Å². The number of fused-ring (bicyclic) bond motifs is 3. The van der Waals surface area contributed by atoms with Crippen LogP contribution < -0.4 is 0 Å². The van der Waals surface area contributed by atoms with E-state index < -0.39 is 0 Å². The van der Waals surface area contributed by atoms with Gasteiger partial charge >= 0.3 is 0 Å². The first-order valence-corrected chi connectivity index (χ1v) is 11.0. The number of aryl methyl sites for hydroxylation is 3. The van der Waals surface area contributed by atoms with Crippen molar-refractivity contribution in [3.8, 4) is 0 Å². The van der Waals surface area contributed by atoms with Crippen LogP contribution in [0.15, 0.2) is 35.4 Å². The molecular weight excluding hydrogens is 374 g/mol. The lowest BCUT2D eigenvalue weighted by Gasteiger charge is -2.21. The minimum absolute atomic E-state index is 0.0831. The van der Waals surface area contributed by atoms with Gasteiger partial charge in [0.25, 0.3) is 0 Å². The maximum Gasteiger partial charge on any atom is 0.240 e. The molecule has 1 amide bonds. The highest BCUT2D eigenvalue weighted by molar-refractivity contribution is 8.00. The van der Waals surface area contributed by atoms with Gasteiger partial charge in [0.15, 0.2) is 0 Å². The van der Waals surface area contributed by atoms with Gasteiger partial charge in [-0.1, -0.05) is 42.1 Å². The first kappa shape index (κ1) is 18.4. The number of carbonyl (C=O) groups is 1. The number of thiophene rings is 1. The van der Waals surface area contributed by atoms with Gasteiger partial charge in [-0.25, -0.2) is 9.97 Å². The van der Waals surface area contributed by atoms with Gasteiger partial charge in [-0.05, 0) is 43.7 Å². The highest BCUT2D eigenvalue weighted by atomic mass is 32.2. The summed E-state index contributed by atoms with van der Waals surface area (Å²) in [5.74, 6) is 0.854. The summed E-state index contributed by atoms with van der Waals surface area (Å²) < 4.78 is 0. The minimum Gasteiger partial charge on any atom is -0.348 e. The molecule has 1 aliphatic carbocycles. The van der Waals surface area contributed by atoms with Gasteiger partial charge in [-0.2, -0.15) is 0 Å². The highest BCUT2D eigenvalue weighted by Gasteiger charge is 2.27. The van der Waals surface area contributed by atoms with E-state index >= 15 is 0 Å². The molecule has 0 saturated heterocycles. The number of thioether (sulfide) groups is 1. The van der Waals surface area contributed by atoms with Gasteiger partial charge in [-0.15, -0.1) is 11.3 Å². The average Bonchev–Trinajstić information content (AvgIpc) is 3.04. The number of carbonyl (C=O) groups excluding carboxylic acids is 1. The summed E-state index contributed by atoms with van der Waals surface area (Å²) in [6, 6.07) is 9.99. The smallest absolute Gasteiger partial charge is 0.240 e. The SMILES string of the molecule is Cc1nc(S[C@@H](C(=O)N(C)C)c2ccccc2)c2c3c(sc2n1)CCCC3. The summed E-state index contributed by atoms with van der Waals surface area (Å²) in [4.78, 5) is 26.6. The van der Waals surface area contributed by atoms with Crippen LogP contribution in [0.25, 0.3) is 10.2 Å². The summed E-state index contributed by atoms with van der Waals surface area (Å²) >= 11 is 3.37. The number of amides is 1. The van der Waals surface area contributed by atoms with E-state index in [0.29, 0.717) is 0 Å². The van der Waals surface area contributed by atoms with E-state index in [1.54, 1.807) is 28.0 Å². The summed E-state index contributed by atoms with van der Waals surface area (Å²) in [7, 11) is 3.62.